The van der Waals surface area contributed by atoms with Crippen molar-refractivity contribution in [1.29, 1.82) is 0 Å². The molecule has 0 amide bonds. The molecule has 0 bridgehead atoms. The van der Waals surface area contributed by atoms with Crippen LogP contribution in [0.15, 0.2) is 61.1 Å². The van der Waals surface area contributed by atoms with Gasteiger partial charge in [0.1, 0.15) is 0 Å². The van der Waals surface area contributed by atoms with Gasteiger partial charge in [-0.2, -0.15) is 0 Å². The highest BCUT2D eigenvalue weighted by Gasteiger charge is 2.11. The Bertz CT molecular complexity index is 711. The lowest BCUT2D eigenvalue weighted by molar-refractivity contribution is 1.09. The van der Waals surface area contributed by atoms with E-state index in [1.807, 2.05) is 43.5 Å². The molecule has 2 heterocycles. The van der Waals surface area contributed by atoms with Gasteiger partial charge in [-0.15, -0.1) is 0 Å². The molecule has 1 aromatic carbocycles. The van der Waals surface area contributed by atoms with Crippen LogP contribution in [0.5, 0.6) is 0 Å². The first kappa shape index (κ1) is 13.2. The summed E-state index contributed by atoms with van der Waals surface area (Å²) < 4.78 is 0. The monoisotopic (exact) mass is 276 g/mol. The van der Waals surface area contributed by atoms with E-state index in [9.17, 15) is 0 Å². The Morgan fingerprint density at radius 1 is 0.952 bits per heavy atom. The van der Waals surface area contributed by atoms with E-state index in [1.165, 1.54) is 0 Å². The Morgan fingerprint density at radius 2 is 1.71 bits per heavy atom. The van der Waals surface area contributed by atoms with Gasteiger partial charge in [-0.25, -0.2) is 9.97 Å². The molecular weight excluding hydrogens is 260 g/mol. The van der Waals surface area contributed by atoms with Gasteiger partial charge in [-0.3, -0.25) is 4.98 Å². The maximum absolute atomic E-state index is 4.67. The van der Waals surface area contributed by atoms with E-state index in [-0.39, 0.29) is 0 Å². The van der Waals surface area contributed by atoms with Gasteiger partial charge in [-0.1, -0.05) is 30.3 Å². The normalized spacial score (nSPS) is 10.3. The average Bonchev–Trinajstić information content (AvgIpc) is 2.57. The zero-order valence-corrected chi connectivity index (χ0v) is 11.8. The first-order chi connectivity index (χ1) is 10.4. The summed E-state index contributed by atoms with van der Waals surface area (Å²) in [5.41, 5.74) is 4.07. The second kappa shape index (κ2) is 6.13. The molecule has 0 spiro atoms. The zero-order chi connectivity index (χ0) is 14.5. The van der Waals surface area contributed by atoms with Crippen LogP contribution in [0, 0.1) is 0 Å². The average molecular weight is 276 g/mol. The van der Waals surface area contributed by atoms with E-state index in [2.05, 4.69) is 32.4 Å². The summed E-state index contributed by atoms with van der Waals surface area (Å²) in [4.78, 5) is 13.1. The van der Waals surface area contributed by atoms with Crippen molar-refractivity contribution in [2.24, 2.45) is 0 Å². The first-order valence-corrected chi connectivity index (χ1v) is 6.95. The van der Waals surface area contributed by atoms with Crippen LogP contribution < -0.4 is 5.32 Å². The first-order valence-electron chi connectivity index (χ1n) is 6.95. The molecular formula is C17H16N4. The minimum absolute atomic E-state index is 0.647. The highest BCUT2D eigenvalue weighted by atomic mass is 15.1. The van der Waals surface area contributed by atoms with Crippen molar-refractivity contribution in [3.63, 3.8) is 0 Å². The summed E-state index contributed by atoms with van der Waals surface area (Å²) in [7, 11) is 0. The minimum Gasteiger partial charge on any atom is -0.354 e. The van der Waals surface area contributed by atoms with E-state index in [1.54, 1.807) is 12.4 Å². The van der Waals surface area contributed by atoms with Gasteiger partial charge >= 0.3 is 0 Å². The lowest BCUT2D eigenvalue weighted by Gasteiger charge is -2.11. The van der Waals surface area contributed by atoms with E-state index < -0.39 is 0 Å². The lowest BCUT2D eigenvalue weighted by Crippen LogP contribution is -2.03. The van der Waals surface area contributed by atoms with Crippen molar-refractivity contribution in [2.75, 3.05) is 11.9 Å². The largest absolute Gasteiger partial charge is 0.354 e. The Hall–Kier alpha value is -2.75. The summed E-state index contributed by atoms with van der Waals surface area (Å²) in [6.07, 6.45) is 5.42. The minimum atomic E-state index is 0.647. The van der Waals surface area contributed by atoms with E-state index in [0.717, 1.165) is 28.9 Å². The zero-order valence-electron chi connectivity index (χ0n) is 11.8. The molecule has 3 aromatic rings. The second-order valence-corrected chi connectivity index (χ2v) is 4.59. The standard InChI is InChI=1S/C17H16N4/c1-2-19-17-20-12-15(13-8-10-18-11-9-13)16(21-17)14-6-4-3-5-7-14/h3-12H,2H2,1H3,(H,19,20,21). The lowest BCUT2D eigenvalue weighted by atomic mass is 10.0. The number of benzene rings is 1. The topological polar surface area (TPSA) is 50.7 Å². The molecule has 0 aliphatic rings. The van der Waals surface area contributed by atoms with E-state index in [0.29, 0.717) is 5.95 Å². The van der Waals surface area contributed by atoms with Gasteiger partial charge in [0.2, 0.25) is 5.95 Å². The smallest absolute Gasteiger partial charge is 0.223 e. The third-order valence-electron chi connectivity index (χ3n) is 3.16. The number of rotatable bonds is 4. The van der Waals surface area contributed by atoms with Crippen molar-refractivity contribution in [3.05, 3.63) is 61.1 Å². The molecule has 104 valence electrons. The fourth-order valence-corrected chi connectivity index (χ4v) is 2.18. The number of nitrogens with zero attached hydrogens (tertiary/aromatic N) is 3. The van der Waals surface area contributed by atoms with Crippen molar-refractivity contribution in [1.82, 2.24) is 15.0 Å². The molecule has 2 aromatic heterocycles. The van der Waals surface area contributed by atoms with Crippen molar-refractivity contribution in [2.45, 2.75) is 6.92 Å². The van der Waals surface area contributed by atoms with E-state index in [4.69, 9.17) is 0 Å². The van der Waals surface area contributed by atoms with Crippen LogP contribution in [0.1, 0.15) is 6.92 Å². The highest BCUT2D eigenvalue weighted by Crippen LogP contribution is 2.30. The third-order valence-corrected chi connectivity index (χ3v) is 3.16. The maximum atomic E-state index is 4.67. The summed E-state index contributed by atoms with van der Waals surface area (Å²) in [5.74, 6) is 0.647. The molecule has 1 N–H and O–H groups in total. The number of hydrogen-bond donors (Lipinski definition) is 1. The van der Waals surface area contributed by atoms with Crippen molar-refractivity contribution < 1.29 is 0 Å². The Kier molecular flexibility index (Phi) is 3.87. The predicted molar refractivity (Wildman–Crippen MR) is 84.9 cm³/mol. The van der Waals surface area contributed by atoms with Crippen LogP contribution >= 0.6 is 0 Å². The molecule has 0 aliphatic heterocycles. The number of hydrogen-bond acceptors (Lipinski definition) is 4. The van der Waals surface area contributed by atoms with Crippen LogP contribution in [-0.2, 0) is 0 Å². The van der Waals surface area contributed by atoms with Gasteiger partial charge in [0.15, 0.2) is 0 Å². The van der Waals surface area contributed by atoms with Crippen LogP contribution in [0.25, 0.3) is 22.4 Å². The fourth-order valence-electron chi connectivity index (χ4n) is 2.18. The van der Waals surface area contributed by atoms with Gasteiger partial charge in [0, 0.05) is 36.3 Å². The number of nitrogens with one attached hydrogen (secondary N) is 1. The molecule has 0 aliphatic carbocycles. The molecule has 3 rings (SSSR count). The van der Waals surface area contributed by atoms with Crippen LogP contribution in [0.2, 0.25) is 0 Å². The summed E-state index contributed by atoms with van der Waals surface area (Å²) in [6, 6.07) is 14.1. The number of aromatic nitrogens is 3. The quantitative estimate of drug-likeness (QED) is 0.790. The molecule has 21 heavy (non-hydrogen) atoms. The number of anilines is 1. The predicted octanol–water partition coefficient (Wildman–Crippen LogP) is 3.64. The molecule has 4 heteroatoms. The Morgan fingerprint density at radius 3 is 2.43 bits per heavy atom. The van der Waals surface area contributed by atoms with Gasteiger partial charge in [0.05, 0.1) is 5.69 Å². The molecule has 0 atom stereocenters. The van der Waals surface area contributed by atoms with Crippen LogP contribution in [0.3, 0.4) is 0 Å². The van der Waals surface area contributed by atoms with Crippen LogP contribution in [-0.4, -0.2) is 21.5 Å². The summed E-state index contributed by atoms with van der Waals surface area (Å²) >= 11 is 0. The molecule has 0 saturated heterocycles. The summed E-state index contributed by atoms with van der Waals surface area (Å²) in [5, 5.41) is 3.16. The van der Waals surface area contributed by atoms with Crippen molar-refractivity contribution >= 4 is 5.95 Å². The highest BCUT2D eigenvalue weighted by molar-refractivity contribution is 5.80. The molecule has 0 unspecified atom stereocenters. The van der Waals surface area contributed by atoms with Gasteiger partial charge < -0.3 is 5.32 Å². The van der Waals surface area contributed by atoms with Crippen LogP contribution in [0.4, 0.5) is 5.95 Å². The Labute approximate surface area is 123 Å². The van der Waals surface area contributed by atoms with Gasteiger partial charge in [0.25, 0.3) is 0 Å². The van der Waals surface area contributed by atoms with Gasteiger partial charge in [-0.05, 0) is 24.6 Å². The third kappa shape index (κ3) is 2.89. The SMILES string of the molecule is CCNc1ncc(-c2ccncc2)c(-c2ccccc2)n1. The summed E-state index contributed by atoms with van der Waals surface area (Å²) in [6.45, 7) is 2.82. The maximum Gasteiger partial charge on any atom is 0.223 e. The fraction of sp³-hybridized carbons (Fsp3) is 0.118. The molecule has 0 saturated carbocycles. The molecule has 4 nitrogen and oxygen atoms in total. The number of pyridine rings is 1. The van der Waals surface area contributed by atoms with Crippen molar-refractivity contribution in [3.8, 4) is 22.4 Å². The second-order valence-electron chi connectivity index (χ2n) is 4.59. The molecule has 0 fully saturated rings. The Balaban J connectivity index is 2.16. The molecule has 0 radical (unpaired) electrons. The van der Waals surface area contributed by atoms with E-state index >= 15 is 0 Å².